The highest BCUT2D eigenvalue weighted by molar-refractivity contribution is 6.89. The van der Waals surface area contributed by atoms with Crippen LogP contribution in [0, 0.1) is 0 Å². The van der Waals surface area contributed by atoms with Crippen LogP contribution in [0.15, 0.2) is 29.6 Å². The van der Waals surface area contributed by atoms with Crippen molar-refractivity contribution in [2.75, 3.05) is 24.7 Å². The van der Waals surface area contributed by atoms with Gasteiger partial charge in [0.1, 0.15) is 6.67 Å². The van der Waals surface area contributed by atoms with Gasteiger partial charge in [0.15, 0.2) is 5.70 Å². The second kappa shape index (κ2) is 6.72. The standard InChI is InChI=1S/C21H27N3O4Si/c1-6-28-21(27)19-18-15-10-11-22(15)20(26)17-14(24(18)12-23(19)13(2)25)8-7-9-16(17)29(3,4)5/h7-9,15H,6,10-12H2,1-5H3. The number of nitrogens with zero attached hydrogens (tertiary/aromatic N) is 3. The molecule has 0 bridgehead atoms. The number of fused-ring (bicyclic) bond motifs is 5. The van der Waals surface area contributed by atoms with Gasteiger partial charge in [0, 0.05) is 13.5 Å². The Kier molecular flexibility index (Phi) is 4.57. The molecule has 7 nitrogen and oxygen atoms in total. The van der Waals surface area contributed by atoms with E-state index in [1.807, 2.05) is 21.9 Å². The first-order valence-electron chi connectivity index (χ1n) is 10.1. The van der Waals surface area contributed by atoms with E-state index in [9.17, 15) is 14.4 Å². The van der Waals surface area contributed by atoms with E-state index >= 15 is 0 Å². The number of esters is 1. The lowest BCUT2D eigenvalue weighted by molar-refractivity contribution is -0.143. The molecule has 3 aliphatic heterocycles. The van der Waals surface area contributed by atoms with Crippen molar-refractivity contribution in [1.82, 2.24) is 9.80 Å². The Morgan fingerprint density at radius 3 is 2.52 bits per heavy atom. The van der Waals surface area contributed by atoms with Crippen molar-refractivity contribution >= 4 is 36.7 Å². The van der Waals surface area contributed by atoms with Gasteiger partial charge >= 0.3 is 5.97 Å². The highest BCUT2D eigenvalue weighted by Crippen LogP contribution is 2.43. The quantitative estimate of drug-likeness (QED) is 0.559. The molecule has 1 saturated heterocycles. The number of carbonyl (C=O) groups is 3. The molecule has 2 amide bonds. The van der Waals surface area contributed by atoms with E-state index in [1.165, 1.54) is 11.8 Å². The van der Waals surface area contributed by atoms with E-state index < -0.39 is 14.0 Å². The first kappa shape index (κ1) is 19.7. The van der Waals surface area contributed by atoms with Crippen molar-refractivity contribution < 1.29 is 19.1 Å². The average Bonchev–Trinajstić information content (AvgIpc) is 2.97. The van der Waals surface area contributed by atoms with Gasteiger partial charge in [0.25, 0.3) is 5.91 Å². The summed E-state index contributed by atoms with van der Waals surface area (Å²) in [7, 11) is -1.80. The molecule has 154 valence electrons. The first-order valence-corrected chi connectivity index (χ1v) is 13.6. The van der Waals surface area contributed by atoms with Gasteiger partial charge in [-0.1, -0.05) is 31.8 Å². The molecule has 0 aromatic heterocycles. The minimum absolute atomic E-state index is 0.0220. The third kappa shape index (κ3) is 2.88. The summed E-state index contributed by atoms with van der Waals surface area (Å²) in [5, 5.41) is 1.10. The topological polar surface area (TPSA) is 70.2 Å². The molecule has 0 spiro atoms. The second-order valence-electron chi connectivity index (χ2n) is 8.72. The molecule has 0 saturated carbocycles. The van der Waals surface area contributed by atoms with Crippen LogP contribution in [-0.2, 0) is 14.3 Å². The van der Waals surface area contributed by atoms with E-state index in [0.717, 1.165) is 22.9 Å². The molecule has 29 heavy (non-hydrogen) atoms. The molecule has 0 radical (unpaired) electrons. The third-order valence-corrected chi connectivity index (χ3v) is 7.92. The Hall–Kier alpha value is -2.61. The molecular weight excluding hydrogens is 386 g/mol. The van der Waals surface area contributed by atoms with Crippen molar-refractivity contribution in [2.45, 2.75) is 46.0 Å². The van der Waals surface area contributed by atoms with Crippen molar-refractivity contribution in [2.24, 2.45) is 0 Å². The molecule has 0 aliphatic carbocycles. The van der Waals surface area contributed by atoms with Gasteiger partial charge in [-0.05, 0) is 24.6 Å². The Morgan fingerprint density at radius 2 is 1.97 bits per heavy atom. The second-order valence-corrected chi connectivity index (χ2v) is 13.8. The lowest BCUT2D eigenvalue weighted by atomic mass is 9.97. The summed E-state index contributed by atoms with van der Waals surface area (Å²) in [6.07, 6.45) is 0.766. The predicted octanol–water partition coefficient (Wildman–Crippen LogP) is 1.86. The van der Waals surface area contributed by atoms with Crippen molar-refractivity contribution in [3.05, 3.63) is 35.2 Å². The lowest BCUT2D eigenvalue weighted by Gasteiger charge is -2.41. The molecule has 1 aromatic carbocycles. The smallest absolute Gasteiger partial charge is 0.357 e. The van der Waals surface area contributed by atoms with Crippen LogP contribution in [-0.4, -0.2) is 61.5 Å². The summed E-state index contributed by atoms with van der Waals surface area (Å²) in [5.74, 6) is -0.702. The molecule has 1 unspecified atom stereocenters. The molecule has 1 atom stereocenters. The number of hydrogen-bond acceptors (Lipinski definition) is 5. The minimum atomic E-state index is -1.80. The highest BCUT2D eigenvalue weighted by Gasteiger charge is 2.50. The van der Waals surface area contributed by atoms with E-state index in [2.05, 4.69) is 25.7 Å². The summed E-state index contributed by atoms with van der Waals surface area (Å²) in [4.78, 5) is 44.0. The fraction of sp³-hybridized carbons (Fsp3) is 0.476. The Bertz CT molecular complexity index is 950. The predicted molar refractivity (Wildman–Crippen MR) is 112 cm³/mol. The van der Waals surface area contributed by atoms with Gasteiger partial charge in [-0.15, -0.1) is 0 Å². The number of rotatable bonds is 3. The van der Waals surface area contributed by atoms with Crippen LogP contribution in [0.4, 0.5) is 5.69 Å². The van der Waals surface area contributed by atoms with E-state index in [-0.39, 0.29) is 36.8 Å². The number of benzene rings is 1. The Labute approximate surface area is 171 Å². The number of amides is 2. The average molecular weight is 414 g/mol. The first-order chi connectivity index (χ1) is 13.7. The van der Waals surface area contributed by atoms with Gasteiger partial charge in [-0.3, -0.25) is 14.5 Å². The zero-order valence-corrected chi connectivity index (χ0v) is 18.6. The zero-order chi connectivity index (χ0) is 21.1. The van der Waals surface area contributed by atoms with Crippen LogP contribution >= 0.6 is 0 Å². The number of anilines is 1. The normalized spacial score (nSPS) is 20.7. The fourth-order valence-electron chi connectivity index (χ4n) is 4.44. The van der Waals surface area contributed by atoms with Crippen LogP contribution in [0.2, 0.25) is 19.6 Å². The molecule has 0 N–H and O–H groups in total. The van der Waals surface area contributed by atoms with Gasteiger partial charge in [0.05, 0.1) is 37.7 Å². The molecule has 4 rings (SSSR count). The summed E-state index contributed by atoms with van der Waals surface area (Å²) in [6, 6.07) is 5.74. The van der Waals surface area contributed by atoms with E-state index in [1.54, 1.807) is 6.92 Å². The summed E-state index contributed by atoms with van der Waals surface area (Å²) in [6.45, 7) is 11.0. The number of hydrogen-bond donors (Lipinski definition) is 0. The van der Waals surface area contributed by atoms with Gasteiger partial charge in [-0.25, -0.2) is 4.79 Å². The lowest BCUT2D eigenvalue weighted by Crippen LogP contribution is -2.54. The zero-order valence-electron chi connectivity index (χ0n) is 17.6. The van der Waals surface area contributed by atoms with Gasteiger partial charge < -0.3 is 14.5 Å². The minimum Gasteiger partial charge on any atom is -0.461 e. The maximum atomic E-state index is 13.5. The van der Waals surface area contributed by atoms with Crippen LogP contribution in [0.3, 0.4) is 0 Å². The maximum Gasteiger partial charge on any atom is 0.357 e. The van der Waals surface area contributed by atoms with Crippen LogP contribution in [0.25, 0.3) is 0 Å². The van der Waals surface area contributed by atoms with Crippen molar-refractivity contribution in [3.8, 4) is 0 Å². The summed E-state index contributed by atoms with van der Waals surface area (Å²) < 4.78 is 5.28. The van der Waals surface area contributed by atoms with Gasteiger partial charge in [0.2, 0.25) is 5.91 Å². The summed E-state index contributed by atoms with van der Waals surface area (Å²) >= 11 is 0. The van der Waals surface area contributed by atoms with Crippen molar-refractivity contribution in [1.29, 1.82) is 0 Å². The largest absolute Gasteiger partial charge is 0.461 e. The maximum absolute atomic E-state index is 13.5. The Balaban J connectivity index is 1.98. The van der Waals surface area contributed by atoms with Crippen molar-refractivity contribution in [3.63, 3.8) is 0 Å². The fourth-order valence-corrected chi connectivity index (χ4v) is 6.02. The van der Waals surface area contributed by atoms with E-state index in [0.29, 0.717) is 12.2 Å². The molecule has 8 heteroatoms. The highest BCUT2D eigenvalue weighted by atomic mass is 28.3. The molecule has 1 fully saturated rings. The van der Waals surface area contributed by atoms with E-state index in [4.69, 9.17) is 4.74 Å². The number of ether oxygens (including phenoxy) is 1. The Morgan fingerprint density at radius 1 is 1.24 bits per heavy atom. The third-order valence-electron chi connectivity index (χ3n) is 5.89. The monoisotopic (exact) mass is 413 g/mol. The molecule has 3 aliphatic rings. The molecule has 1 aromatic rings. The van der Waals surface area contributed by atoms with Crippen LogP contribution in [0.5, 0.6) is 0 Å². The van der Waals surface area contributed by atoms with Crippen LogP contribution < -0.4 is 10.1 Å². The van der Waals surface area contributed by atoms with Gasteiger partial charge in [-0.2, -0.15) is 0 Å². The molecular formula is C21H27N3O4Si. The number of carbonyl (C=O) groups excluding carboxylic acids is 3. The molecule has 3 heterocycles. The summed E-state index contributed by atoms with van der Waals surface area (Å²) in [5.41, 5.74) is 2.49. The van der Waals surface area contributed by atoms with Crippen LogP contribution in [0.1, 0.15) is 30.6 Å². The SMILES string of the molecule is CCOC(=O)C1=C2C3CCN3C(=O)c3c(cccc3[Si](C)(C)C)N2CN1C(C)=O.